The van der Waals surface area contributed by atoms with E-state index in [1.54, 1.807) is 31.2 Å². The number of halogens is 4. The van der Waals surface area contributed by atoms with Crippen molar-refractivity contribution in [2.45, 2.75) is 31.7 Å². The molecular formula is C27H28F4N6O. The first kappa shape index (κ1) is 27.2. The van der Waals surface area contributed by atoms with E-state index in [1.165, 1.54) is 24.5 Å². The minimum Gasteiger partial charge on any atom is -0.379 e. The standard InChI is InChI=1S/C27H28F4N6O/c1-16-13-32-14-24(34-16)26(38)33-10-5-6-18-12-20-19(25(35-18)17(2)27(29,30)31)7-4-8-22(20)36-23-9-11-37(3)15-21(23)28/h4-8,12-14,21,23,36H,2,9-11,15H2,1,3H3,(H,33,38)/b6-5+/t21-,23+/m0/s1. The Hall–Kier alpha value is -3.86. The fraction of sp³-hybridized carbons (Fsp3) is 0.333. The van der Waals surface area contributed by atoms with Crippen molar-refractivity contribution in [3.05, 3.63) is 72.1 Å². The Labute approximate surface area is 217 Å². The van der Waals surface area contributed by atoms with Crippen LogP contribution in [0.15, 0.2) is 49.3 Å². The summed E-state index contributed by atoms with van der Waals surface area (Å²) in [5, 5.41) is 6.57. The number of amides is 1. The molecule has 2 aromatic heterocycles. The predicted octanol–water partition coefficient (Wildman–Crippen LogP) is 4.81. The number of likely N-dealkylation sites (tertiary alicyclic amines) is 1. The topological polar surface area (TPSA) is 83.0 Å². The third-order valence-corrected chi connectivity index (χ3v) is 6.26. The van der Waals surface area contributed by atoms with Gasteiger partial charge in [0.1, 0.15) is 11.9 Å². The molecule has 0 bridgehead atoms. The van der Waals surface area contributed by atoms with Crippen molar-refractivity contribution in [2.75, 3.05) is 32.0 Å². The van der Waals surface area contributed by atoms with Gasteiger partial charge in [-0.05, 0) is 38.6 Å². The summed E-state index contributed by atoms with van der Waals surface area (Å²) in [5.41, 5.74) is 0.106. The van der Waals surface area contributed by atoms with E-state index in [0.717, 1.165) is 0 Å². The maximum absolute atomic E-state index is 14.7. The minimum atomic E-state index is -4.69. The van der Waals surface area contributed by atoms with Crippen molar-refractivity contribution < 1.29 is 22.4 Å². The van der Waals surface area contributed by atoms with Gasteiger partial charge in [-0.15, -0.1) is 0 Å². The number of rotatable bonds is 7. The maximum Gasteiger partial charge on any atom is 0.417 e. The lowest BCUT2D eigenvalue weighted by Gasteiger charge is -2.33. The highest BCUT2D eigenvalue weighted by Crippen LogP contribution is 2.37. The Balaban J connectivity index is 1.63. The smallest absolute Gasteiger partial charge is 0.379 e. The number of aryl methyl sites for hydroxylation is 1. The second kappa shape index (κ2) is 11.3. The lowest BCUT2D eigenvalue weighted by Crippen LogP contribution is -2.46. The van der Waals surface area contributed by atoms with Gasteiger partial charge in [0.05, 0.1) is 34.9 Å². The van der Waals surface area contributed by atoms with Gasteiger partial charge in [-0.3, -0.25) is 9.78 Å². The number of hydrogen-bond acceptors (Lipinski definition) is 6. The van der Waals surface area contributed by atoms with Gasteiger partial charge in [0.25, 0.3) is 5.91 Å². The van der Waals surface area contributed by atoms with Crippen LogP contribution in [0.25, 0.3) is 22.4 Å². The lowest BCUT2D eigenvalue weighted by molar-refractivity contribution is -0.0688. The van der Waals surface area contributed by atoms with E-state index in [2.05, 4.69) is 32.2 Å². The number of alkyl halides is 4. The molecule has 1 saturated heterocycles. The van der Waals surface area contributed by atoms with Crippen molar-refractivity contribution in [3.63, 3.8) is 0 Å². The molecule has 0 saturated carbocycles. The van der Waals surface area contributed by atoms with Crippen molar-refractivity contribution >= 4 is 34.0 Å². The molecule has 1 aromatic carbocycles. The number of anilines is 1. The van der Waals surface area contributed by atoms with Crippen LogP contribution in [-0.4, -0.2) is 70.8 Å². The summed E-state index contributed by atoms with van der Waals surface area (Å²) in [6.07, 6.45) is 0.687. The molecule has 2 atom stereocenters. The van der Waals surface area contributed by atoms with Crippen molar-refractivity contribution in [1.29, 1.82) is 0 Å². The van der Waals surface area contributed by atoms with E-state index in [1.807, 2.05) is 11.9 Å². The Morgan fingerprint density at radius 3 is 2.74 bits per heavy atom. The Morgan fingerprint density at radius 2 is 2.03 bits per heavy atom. The summed E-state index contributed by atoms with van der Waals surface area (Å²) in [4.78, 5) is 26.4. The molecule has 2 N–H and O–H groups in total. The molecule has 0 spiro atoms. The molecule has 38 heavy (non-hydrogen) atoms. The van der Waals surface area contributed by atoms with Crippen LogP contribution in [0, 0.1) is 6.92 Å². The zero-order valence-corrected chi connectivity index (χ0v) is 21.0. The Morgan fingerprint density at radius 1 is 1.24 bits per heavy atom. The van der Waals surface area contributed by atoms with E-state index in [9.17, 15) is 22.4 Å². The fourth-order valence-corrected chi connectivity index (χ4v) is 4.29. The SMILES string of the molecule is C=C(c1nc(/C=C/CNC(=O)c2cncc(C)n2)cc2c(N[C@@H]3CCN(C)C[C@@H]3F)cccc12)C(F)(F)F. The summed E-state index contributed by atoms with van der Waals surface area (Å²) >= 11 is 0. The minimum absolute atomic E-state index is 0.0861. The number of allylic oxidation sites excluding steroid dienone is 1. The van der Waals surface area contributed by atoms with Gasteiger partial charge in [-0.1, -0.05) is 24.8 Å². The Bertz CT molecular complexity index is 1370. The average Bonchev–Trinajstić information content (AvgIpc) is 2.87. The molecule has 3 aromatic rings. The quantitative estimate of drug-likeness (QED) is 0.429. The van der Waals surface area contributed by atoms with Gasteiger partial charge >= 0.3 is 6.18 Å². The van der Waals surface area contributed by atoms with Crippen LogP contribution in [0.2, 0.25) is 0 Å². The molecule has 0 unspecified atom stereocenters. The first-order valence-electron chi connectivity index (χ1n) is 12.1. The van der Waals surface area contributed by atoms with E-state index >= 15 is 0 Å². The number of nitrogens with one attached hydrogen (secondary N) is 2. The van der Waals surface area contributed by atoms with E-state index in [0.29, 0.717) is 29.7 Å². The summed E-state index contributed by atoms with van der Waals surface area (Å²) in [5.74, 6) is -0.436. The van der Waals surface area contributed by atoms with Gasteiger partial charge in [-0.2, -0.15) is 13.2 Å². The third kappa shape index (κ3) is 6.34. The third-order valence-electron chi connectivity index (χ3n) is 6.26. The van der Waals surface area contributed by atoms with Crippen LogP contribution in [-0.2, 0) is 0 Å². The van der Waals surface area contributed by atoms with Crippen molar-refractivity contribution in [2.24, 2.45) is 0 Å². The number of nitrogens with zero attached hydrogens (tertiary/aromatic N) is 4. The normalized spacial score (nSPS) is 18.6. The highest BCUT2D eigenvalue weighted by Gasteiger charge is 2.35. The van der Waals surface area contributed by atoms with Gasteiger partial charge < -0.3 is 15.5 Å². The number of carbonyl (C=O) groups is 1. The molecular weight excluding hydrogens is 500 g/mol. The van der Waals surface area contributed by atoms with Gasteiger partial charge in [-0.25, -0.2) is 14.4 Å². The highest BCUT2D eigenvalue weighted by atomic mass is 19.4. The summed E-state index contributed by atoms with van der Waals surface area (Å²) in [7, 11) is 1.84. The van der Waals surface area contributed by atoms with E-state index in [-0.39, 0.29) is 35.6 Å². The number of benzene rings is 1. The molecule has 1 aliphatic rings. The average molecular weight is 529 g/mol. The van der Waals surface area contributed by atoms with E-state index in [4.69, 9.17) is 0 Å². The fourth-order valence-electron chi connectivity index (χ4n) is 4.29. The van der Waals surface area contributed by atoms with Crippen molar-refractivity contribution in [1.82, 2.24) is 25.2 Å². The van der Waals surface area contributed by atoms with Crippen LogP contribution in [0.1, 0.15) is 34.0 Å². The number of pyridine rings is 1. The zero-order chi connectivity index (χ0) is 27.4. The molecule has 4 rings (SSSR count). The number of fused-ring (bicyclic) bond motifs is 1. The largest absolute Gasteiger partial charge is 0.417 e. The molecule has 1 aliphatic heterocycles. The molecule has 0 aliphatic carbocycles. The van der Waals surface area contributed by atoms with Gasteiger partial charge in [0.2, 0.25) is 0 Å². The Kier molecular flexibility index (Phi) is 8.05. The number of piperidine rings is 1. The zero-order valence-electron chi connectivity index (χ0n) is 21.0. The van der Waals surface area contributed by atoms with Crippen LogP contribution in [0.4, 0.5) is 23.2 Å². The second-order valence-corrected chi connectivity index (χ2v) is 9.25. The maximum atomic E-state index is 14.7. The first-order valence-corrected chi connectivity index (χ1v) is 12.1. The van der Waals surface area contributed by atoms with Gasteiger partial charge in [0, 0.05) is 42.3 Å². The highest BCUT2D eigenvalue weighted by molar-refractivity contribution is 6.01. The number of carbonyl (C=O) groups excluding carboxylic acids is 1. The first-order chi connectivity index (χ1) is 18.0. The molecule has 1 amide bonds. The molecule has 1 fully saturated rings. The van der Waals surface area contributed by atoms with Crippen LogP contribution in [0.5, 0.6) is 0 Å². The molecule has 3 heterocycles. The molecule has 200 valence electrons. The number of hydrogen-bond donors (Lipinski definition) is 2. The second-order valence-electron chi connectivity index (χ2n) is 9.25. The van der Waals surface area contributed by atoms with Crippen LogP contribution < -0.4 is 10.6 Å². The molecule has 11 heteroatoms. The number of aromatic nitrogens is 3. The molecule has 0 radical (unpaired) electrons. The summed E-state index contributed by atoms with van der Waals surface area (Å²) < 4.78 is 55.7. The van der Waals surface area contributed by atoms with Crippen molar-refractivity contribution in [3.8, 4) is 0 Å². The van der Waals surface area contributed by atoms with E-state index < -0.39 is 29.9 Å². The molecule has 7 nitrogen and oxygen atoms in total. The van der Waals surface area contributed by atoms with Crippen LogP contribution in [0.3, 0.4) is 0 Å². The lowest BCUT2D eigenvalue weighted by atomic mass is 9.99. The van der Waals surface area contributed by atoms with Crippen LogP contribution >= 0.6 is 0 Å². The predicted molar refractivity (Wildman–Crippen MR) is 139 cm³/mol. The summed E-state index contributed by atoms with van der Waals surface area (Å²) in [6, 6.07) is 6.03. The van der Waals surface area contributed by atoms with Gasteiger partial charge in [0.15, 0.2) is 0 Å². The summed E-state index contributed by atoms with van der Waals surface area (Å²) in [6.45, 7) is 6.02. The monoisotopic (exact) mass is 528 g/mol.